The summed E-state index contributed by atoms with van der Waals surface area (Å²) in [6.07, 6.45) is 9.78. The van der Waals surface area contributed by atoms with Crippen molar-refractivity contribution in [2.45, 2.75) is 119 Å². The molecular weight excluding hydrogens is 769 g/mol. The van der Waals surface area contributed by atoms with E-state index in [9.17, 15) is 19.2 Å². The van der Waals surface area contributed by atoms with Crippen molar-refractivity contribution in [2.75, 3.05) is 20.2 Å². The number of carbonyl (C=O) groups excluding carboxylic acids is 3. The van der Waals surface area contributed by atoms with Crippen molar-refractivity contribution < 1.29 is 38.5 Å². The van der Waals surface area contributed by atoms with E-state index in [0.717, 1.165) is 70.6 Å². The van der Waals surface area contributed by atoms with Crippen LogP contribution in [0.15, 0.2) is 72.8 Å². The largest absolute Gasteiger partial charge is 0.490 e. The third-order valence-electron chi connectivity index (χ3n) is 12.7. The molecule has 0 heterocycles. The summed E-state index contributed by atoms with van der Waals surface area (Å²) in [5.74, 6) is 0.562. The first-order chi connectivity index (χ1) is 28.8. The lowest BCUT2D eigenvalue weighted by molar-refractivity contribution is -0.144. The molecule has 61 heavy (non-hydrogen) atoms. The second-order valence-corrected chi connectivity index (χ2v) is 19.4. The third kappa shape index (κ3) is 13.4. The van der Waals surface area contributed by atoms with Gasteiger partial charge in [-0.25, -0.2) is 0 Å². The fraction of sp³-hybridized carbons (Fsp3) is 0.529. The molecule has 2 fully saturated rings. The highest BCUT2D eigenvalue weighted by atomic mass is 16.5. The average Bonchev–Trinajstić information content (AvgIpc) is 3.23. The fourth-order valence-electron chi connectivity index (χ4n) is 8.42. The van der Waals surface area contributed by atoms with Gasteiger partial charge in [0.15, 0.2) is 0 Å². The van der Waals surface area contributed by atoms with Gasteiger partial charge in [-0.3, -0.25) is 19.2 Å². The summed E-state index contributed by atoms with van der Waals surface area (Å²) in [6.45, 7) is 17.6. The van der Waals surface area contributed by atoms with Crippen molar-refractivity contribution in [1.29, 1.82) is 0 Å². The Morgan fingerprint density at radius 1 is 0.574 bits per heavy atom. The number of ether oxygens (including phenoxy) is 3. The summed E-state index contributed by atoms with van der Waals surface area (Å²) < 4.78 is 17.2. The number of carboxylic acids is 1. The summed E-state index contributed by atoms with van der Waals surface area (Å²) in [6, 6.07) is 23.1. The molecule has 4 aromatic rings. The van der Waals surface area contributed by atoms with E-state index >= 15 is 0 Å². The molecule has 0 saturated heterocycles. The minimum atomic E-state index is -0.923. The zero-order chi connectivity index (χ0) is 44.5. The second kappa shape index (κ2) is 20.6. The minimum Gasteiger partial charge on any atom is -0.490 e. The van der Waals surface area contributed by atoms with E-state index in [0.29, 0.717) is 22.0 Å². The van der Waals surface area contributed by atoms with E-state index in [2.05, 4.69) is 52.2 Å². The van der Waals surface area contributed by atoms with Crippen LogP contribution in [0, 0.1) is 34.5 Å². The molecule has 2 aliphatic carbocycles. The Kier molecular flexibility index (Phi) is 15.9. The molecule has 10 nitrogen and oxygen atoms in total. The van der Waals surface area contributed by atoms with Crippen molar-refractivity contribution >= 4 is 45.3 Å². The van der Waals surface area contributed by atoms with Crippen LogP contribution in [0.5, 0.6) is 11.5 Å². The van der Waals surface area contributed by atoms with E-state index in [1.807, 2.05) is 60.7 Å². The van der Waals surface area contributed by atoms with Gasteiger partial charge in [0.1, 0.15) is 11.5 Å². The van der Waals surface area contributed by atoms with Crippen LogP contribution >= 0.6 is 0 Å². The quantitative estimate of drug-likeness (QED) is 0.120. The van der Waals surface area contributed by atoms with Crippen molar-refractivity contribution in [1.82, 2.24) is 10.6 Å². The molecule has 0 bridgehead atoms. The number of nitrogens with one attached hydrogen (secondary N) is 2. The maximum atomic E-state index is 12.4. The number of hydrogen-bond acceptors (Lipinski definition) is 7. The molecule has 2 amide bonds. The monoisotopic (exact) mass is 836 g/mol. The van der Waals surface area contributed by atoms with Crippen LogP contribution in [-0.4, -0.2) is 61.3 Å². The number of fused-ring (bicyclic) bond motifs is 2. The van der Waals surface area contributed by atoms with E-state index < -0.39 is 11.9 Å². The van der Waals surface area contributed by atoms with Gasteiger partial charge in [-0.1, -0.05) is 79.7 Å². The van der Waals surface area contributed by atoms with Gasteiger partial charge in [-0.05, 0) is 144 Å². The highest BCUT2D eigenvalue weighted by Crippen LogP contribution is 2.40. The molecule has 2 aliphatic rings. The Balaban J connectivity index is 0.000000231. The van der Waals surface area contributed by atoms with E-state index in [-0.39, 0.29) is 49.0 Å². The van der Waals surface area contributed by atoms with Crippen LogP contribution in [0.4, 0.5) is 0 Å². The molecule has 2 atom stereocenters. The first kappa shape index (κ1) is 46.9. The molecule has 0 aromatic heterocycles. The number of carboxylic acid groups (broad SMARTS) is 1. The van der Waals surface area contributed by atoms with Gasteiger partial charge in [0, 0.05) is 24.2 Å². The smallest absolute Gasteiger partial charge is 0.310 e. The lowest BCUT2D eigenvalue weighted by atomic mass is 9.72. The Bertz CT molecular complexity index is 2130. The normalized spacial score (nSPS) is 20.3. The summed E-state index contributed by atoms with van der Waals surface area (Å²) in [4.78, 5) is 47.1. The number of benzene rings is 4. The van der Waals surface area contributed by atoms with E-state index in [4.69, 9.17) is 19.3 Å². The fourth-order valence-corrected chi connectivity index (χ4v) is 8.42. The zero-order valence-corrected chi connectivity index (χ0v) is 37.8. The van der Waals surface area contributed by atoms with Crippen molar-refractivity contribution in [3.8, 4) is 11.5 Å². The maximum Gasteiger partial charge on any atom is 0.310 e. The van der Waals surface area contributed by atoms with Crippen LogP contribution in [0.2, 0.25) is 0 Å². The Morgan fingerprint density at radius 2 is 0.934 bits per heavy atom. The predicted molar refractivity (Wildman–Crippen MR) is 242 cm³/mol. The summed E-state index contributed by atoms with van der Waals surface area (Å²) in [5, 5.41) is 18.4. The van der Waals surface area contributed by atoms with Gasteiger partial charge < -0.3 is 30.0 Å². The van der Waals surface area contributed by atoms with Crippen LogP contribution in [0.1, 0.15) is 127 Å². The third-order valence-corrected chi connectivity index (χ3v) is 12.7. The Morgan fingerprint density at radius 3 is 1.30 bits per heavy atom. The maximum absolute atomic E-state index is 12.4. The van der Waals surface area contributed by atoms with Crippen molar-refractivity contribution in [2.24, 2.45) is 34.5 Å². The number of aliphatic carboxylic acids is 1. The van der Waals surface area contributed by atoms with Crippen molar-refractivity contribution in [3.63, 3.8) is 0 Å². The molecule has 0 aliphatic heterocycles. The van der Waals surface area contributed by atoms with Gasteiger partial charge in [-0.15, -0.1) is 0 Å². The van der Waals surface area contributed by atoms with Crippen molar-refractivity contribution in [3.05, 3.63) is 83.9 Å². The average molecular weight is 837 g/mol. The molecule has 6 rings (SSSR count). The summed E-state index contributed by atoms with van der Waals surface area (Å²) in [7, 11) is 1.35. The number of methoxy groups -OCH3 is 1. The van der Waals surface area contributed by atoms with E-state index in [1.54, 1.807) is 26.0 Å². The van der Waals surface area contributed by atoms with Gasteiger partial charge in [0.2, 0.25) is 0 Å². The SMILES string of the molecule is CC(CNC(=O)c1ccc2cc(OC3CCC(C(C)(C)C)CC3)ccc2c1)C(=O)O.COC(=O)C(C)CNC(=O)c1ccc2cc(OC3CCC(C(C)(C)C)CC3)ccc2c1. The molecule has 2 saturated carbocycles. The second-order valence-electron chi connectivity index (χ2n) is 19.4. The predicted octanol–water partition coefficient (Wildman–Crippen LogP) is 10.6. The molecule has 3 N–H and O–H groups in total. The van der Waals surface area contributed by atoms with Crippen LogP contribution < -0.4 is 20.1 Å². The Labute approximate surface area is 362 Å². The van der Waals surface area contributed by atoms with Gasteiger partial charge >= 0.3 is 11.9 Å². The zero-order valence-electron chi connectivity index (χ0n) is 37.8. The van der Waals surface area contributed by atoms with Crippen LogP contribution in [0.3, 0.4) is 0 Å². The van der Waals surface area contributed by atoms with E-state index in [1.165, 1.54) is 32.8 Å². The lowest BCUT2D eigenvalue weighted by Crippen LogP contribution is -2.32. The molecule has 0 radical (unpaired) electrons. The highest BCUT2D eigenvalue weighted by molar-refractivity contribution is 6.00. The standard InChI is InChI=1S/C26H35NO4.C25H33NO4/c1-17(25(29)30-5)16-27-24(28)20-7-6-19-15-23(11-8-18(19)14-20)31-22-12-9-21(10-13-22)26(2,3)4;1-16(24(28)29)15-26-23(27)19-6-5-18-14-22(10-7-17(18)13-19)30-21-11-8-20(9-12-21)25(2,3)4/h6-8,11,14-15,17,21-22H,9-10,12-13,16H2,1-5H3,(H,27,28);5-7,10,13-14,16,20-21H,8-9,11-12,15H2,1-4H3,(H,26,27)(H,28,29). The number of amides is 2. The molecule has 330 valence electrons. The number of esters is 1. The van der Waals surface area contributed by atoms with Gasteiger partial charge in [0.05, 0.1) is 31.2 Å². The number of rotatable bonds is 12. The first-order valence-electron chi connectivity index (χ1n) is 22.1. The van der Waals surface area contributed by atoms with Gasteiger partial charge in [-0.2, -0.15) is 0 Å². The number of hydrogen-bond donors (Lipinski definition) is 3. The summed E-state index contributed by atoms with van der Waals surface area (Å²) in [5.41, 5.74) is 1.83. The first-order valence-corrected chi connectivity index (χ1v) is 22.1. The molecule has 2 unspecified atom stereocenters. The Hall–Kier alpha value is -5.12. The molecule has 4 aromatic carbocycles. The van der Waals surface area contributed by atoms with Crippen LogP contribution in [0.25, 0.3) is 21.5 Å². The topological polar surface area (TPSA) is 140 Å². The molecule has 10 heteroatoms. The minimum absolute atomic E-state index is 0.108. The lowest BCUT2D eigenvalue weighted by Gasteiger charge is -2.37. The molecule has 0 spiro atoms. The summed E-state index contributed by atoms with van der Waals surface area (Å²) >= 11 is 0. The van der Waals surface area contributed by atoms with Gasteiger partial charge in [0.25, 0.3) is 11.8 Å². The molecular formula is C51H68N2O8. The highest BCUT2D eigenvalue weighted by Gasteiger charge is 2.31. The number of carbonyl (C=O) groups is 4. The van der Waals surface area contributed by atoms with Crippen LogP contribution in [-0.2, 0) is 14.3 Å².